The molecule has 0 aromatic carbocycles. The molecule has 1 fully saturated rings. The van der Waals surface area contributed by atoms with Crippen molar-refractivity contribution in [3.05, 3.63) is 12.0 Å². The second kappa shape index (κ2) is 5.72. The minimum atomic E-state index is -6.81. The molecule has 0 atom stereocenters. The van der Waals surface area contributed by atoms with Gasteiger partial charge in [-0.15, -0.1) is 0 Å². The molecule has 1 saturated heterocycles. The molecule has 0 saturated carbocycles. The van der Waals surface area contributed by atoms with Crippen molar-refractivity contribution in [1.82, 2.24) is 4.90 Å². The number of hydrogen-bond donors (Lipinski definition) is 0. The summed E-state index contributed by atoms with van der Waals surface area (Å²) in [6.07, 6.45) is -20.8. The summed E-state index contributed by atoms with van der Waals surface area (Å²) in [5.74, 6) is -17.8. The van der Waals surface area contributed by atoms with Gasteiger partial charge >= 0.3 is 42.6 Å². The smallest absolute Gasteiger partial charge is 0.242 e. The van der Waals surface area contributed by atoms with Crippen LogP contribution in [0.3, 0.4) is 0 Å². The van der Waals surface area contributed by atoms with Crippen LogP contribution >= 0.6 is 0 Å². The third kappa shape index (κ3) is 2.92. The Labute approximate surface area is 131 Å². The number of morpholine rings is 1. The molecule has 26 heavy (non-hydrogen) atoms. The minimum Gasteiger partial charge on any atom is -0.242 e. The highest BCUT2D eigenvalue weighted by atomic mass is 19.4. The first-order chi connectivity index (χ1) is 11.2. The van der Waals surface area contributed by atoms with E-state index in [0.717, 1.165) is 0 Å². The molecule has 1 heterocycles. The minimum absolute atomic E-state index is 1.88. The Balaban J connectivity index is 3.57. The third-order valence-corrected chi connectivity index (χ3v) is 2.80. The lowest BCUT2D eigenvalue weighted by Crippen LogP contribution is -2.72. The van der Waals surface area contributed by atoms with Crippen molar-refractivity contribution in [2.45, 2.75) is 42.6 Å². The van der Waals surface area contributed by atoms with Gasteiger partial charge in [0, 0.05) is 6.20 Å². The van der Waals surface area contributed by atoms with Gasteiger partial charge < -0.3 is 0 Å². The average Bonchev–Trinajstić information content (AvgIpc) is 2.40. The van der Waals surface area contributed by atoms with E-state index in [4.69, 9.17) is 0 Å². The number of ether oxygens (including phenoxy) is 1. The van der Waals surface area contributed by atoms with E-state index in [9.17, 15) is 65.9 Å². The predicted molar refractivity (Wildman–Crippen MR) is 47.8 cm³/mol. The van der Waals surface area contributed by atoms with Gasteiger partial charge in [-0.1, -0.05) is 0 Å². The van der Waals surface area contributed by atoms with Gasteiger partial charge in [0.2, 0.25) is 0 Å². The number of allylic oxidation sites excluding steroid dienone is 1. The summed E-state index contributed by atoms with van der Waals surface area (Å²) in [6, 6.07) is -13.4. The first kappa shape index (κ1) is 22.5. The van der Waals surface area contributed by atoms with Gasteiger partial charge in [0.25, 0.3) is 0 Å². The van der Waals surface area contributed by atoms with E-state index in [1.165, 1.54) is 0 Å². The van der Waals surface area contributed by atoms with Crippen LogP contribution in [0.4, 0.5) is 65.9 Å². The Morgan fingerprint density at radius 3 is 1.46 bits per heavy atom. The van der Waals surface area contributed by atoms with Crippen LogP contribution in [-0.4, -0.2) is 47.5 Å². The molecular weight excluding hydrogens is 423 g/mol. The fourth-order valence-corrected chi connectivity index (χ4v) is 1.39. The Kier molecular flexibility index (Phi) is 4.95. The SMILES string of the molecule is FC(=CN1C(F)(F)C(F)(F)OC(F)(F)C1(F)F)C(F)(F)C(F)(F)C(F)F. The predicted octanol–water partition coefficient (Wildman–Crippen LogP) is 5.04. The highest BCUT2D eigenvalue weighted by Crippen LogP contribution is 2.56. The molecule has 0 spiro atoms. The quantitative estimate of drug-likeness (QED) is 0.463. The zero-order valence-electron chi connectivity index (χ0n) is 11.2. The fourth-order valence-electron chi connectivity index (χ4n) is 1.39. The monoisotopic (exact) mass is 425 g/mol. The molecule has 17 heteroatoms. The van der Waals surface area contributed by atoms with E-state index in [-0.39, 0.29) is 0 Å². The first-order valence-corrected chi connectivity index (χ1v) is 5.58. The van der Waals surface area contributed by atoms with Gasteiger partial charge in [0.1, 0.15) is 0 Å². The van der Waals surface area contributed by atoms with Gasteiger partial charge in [-0.2, -0.15) is 52.7 Å². The van der Waals surface area contributed by atoms with Crippen molar-refractivity contribution in [3.63, 3.8) is 0 Å². The van der Waals surface area contributed by atoms with Crippen molar-refractivity contribution in [2.75, 3.05) is 0 Å². The maximum atomic E-state index is 13.1. The molecule has 0 unspecified atom stereocenters. The van der Waals surface area contributed by atoms with Crippen LogP contribution in [0.1, 0.15) is 0 Å². The molecule has 1 rings (SSSR count). The van der Waals surface area contributed by atoms with E-state index < -0.39 is 59.5 Å². The van der Waals surface area contributed by atoms with Gasteiger partial charge in [0.05, 0.1) is 0 Å². The van der Waals surface area contributed by atoms with E-state index in [0.29, 0.717) is 0 Å². The molecule has 1 aliphatic heterocycles. The molecule has 0 aromatic heterocycles. The number of hydrogen-bond acceptors (Lipinski definition) is 2. The summed E-state index contributed by atoms with van der Waals surface area (Å²) >= 11 is 0. The van der Waals surface area contributed by atoms with Crippen LogP contribution in [0.15, 0.2) is 12.0 Å². The molecule has 1 aliphatic rings. The second-order valence-electron chi connectivity index (χ2n) is 4.56. The van der Waals surface area contributed by atoms with Gasteiger partial charge in [-0.3, -0.25) is 0 Å². The zero-order valence-corrected chi connectivity index (χ0v) is 11.2. The van der Waals surface area contributed by atoms with Crippen LogP contribution in [0.5, 0.6) is 0 Å². The number of rotatable bonds is 4. The molecule has 0 bridgehead atoms. The van der Waals surface area contributed by atoms with Gasteiger partial charge in [-0.25, -0.2) is 22.8 Å². The summed E-state index contributed by atoms with van der Waals surface area (Å²) in [5, 5.41) is 0. The van der Waals surface area contributed by atoms with Gasteiger partial charge in [0.15, 0.2) is 5.83 Å². The van der Waals surface area contributed by atoms with Crippen molar-refractivity contribution >= 4 is 0 Å². The fraction of sp³-hybridized carbons (Fsp3) is 0.778. The Morgan fingerprint density at radius 2 is 1.15 bits per heavy atom. The molecule has 0 aromatic rings. The molecular formula is C9H2F15NO. The molecule has 0 amide bonds. The summed E-state index contributed by atoms with van der Waals surface area (Å²) < 4.78 is 193. The largest absolute Gasteiger partial charge is 0.445 e. The first-order valence-electron chi connectivity index (χ1n) is 5.58. The average molecular weight is 425 g/mol. The van der Waals surface area contributed by atoms with Crippen molar-refractivity contribution in [2.24, 2.45) is 0 Å². The lowest BCUT2D eigenvalue weighted by molar-refractivity contribution is -0.555. The Hall–Kier alpha value is -1.55. The van der Waals surface area contributed by atoms with Crippen LogP contribution in [-0.2, 0) is 4.74 Å². The molecule has 0 radical (unpaired) electrons. The molecule has 0 aliphatic carbocycles. The lowest BCUT2D eigenvalue weighted by Gasteiger charge is -2.46. The second-order valence-corrected chi connectivity index (χ2v) is 4.56. The number of nitrogens with zero attached hydrogens (tertiary/aromatic N) is 1. The van der Waals surface area contributed by atoms with E-state index >= 15 is 0 Å². The Morgan fingerprint density at radius 1 is 0.808 bits per heavy atom. The summed E-state index contributed by atoms with van der Waals surface area (Å²) in [6.45, 7) is 0. The maximum absolute atomic E-state index is 13.1. The lowest BCUT2D eigenvalue weighted by atomic mass is 10.1. The van der Waals surface area contributed by atoms with Crippen LogP contribution in [0.2, 0.25) is 0 Å². The normalized spacial score (nSPS) is 25.5. The molecule has 2 nitrogen and oxygen atoms in total. The van der Waals surface area contributed by atoms with Gasteiger partial charge in [-0.05, 0) is 0 Å². The summed E-state index contributed by atoms with van der Waals surface area (Å²) in [4.78, 5) is -3.02. The third-order valence-electron chi connectivity index (χ3n) is 2.80. The van der Waals surface area contributed by atoms with Crippen molar-refractivity contribution in [3.8, 4) is 0 Å². The molecule has 154 valence electrons. The summed E-state index contributed by atoms with van der Waals surface area (Å²) in [5.41, 5.74) is 0. The standard InChI is InChI=1S/C9H2F15NO/c10-2(4(13,14)5(15,16)3(11)12)1-25-6(17,18)8(21,22)26-9(23,24)7(25,19)20/h1,3H. The van der Waals surface area contributed by atoms with Crippen molar-refractivity contribution < 1.29 is 70.6 Å². The van der Waals surface area contributed by atoms with E-state index in [1.54, 1.807) is 0 Å². The van der Waals surface area contributed by atoms with E-state index in [2.05, 4.69) is 0 Å². The topological polar surface area (TPSA) is 12.5 Å². The van der Waals surface area contributed by atoms with Crippen LogP contribution in [0, 0.1) is 0 Å². The van der Waals surface area contributed by atoms with E-state index in [1.807, 2.05) is 4.74 Å². The summed E-state index contributed by atoms with van der Waals surface area (Å²) in [7, 11) is 0. The molecule has 0 N–H and O–H groups in total. The number of halogens is 15. The maximum Gasteiger partial charge on any atom is 0.445 e. The zero-order chi connectivity index (χ0) is 21.1. The van der Waals surface area contributed by atoms with Crippen LogP contribution in [0.25, 0.3) is 0 Å². The van der Waals surface area contributed by atoms with Crippen molar-refractivity contribution in [1.29, 1.82) is 0 Å². The Bertz CT molecular complexity index is 556. The number of alkyl halides is 14. The highest BCUT2D eigenvalue weighted by molar-refractivity contribution is 5.14. The highest BCUT2D eigenvalue weighted by Gasteiger charge is 2.82. The van der Waals surface area contributed by atoms with Crippen LogP contribution < -0.4 is 0 Å².